The van der Waals surface area contributed by atoms with Crippen molar-refractivity contribution in [1.82, 2.24) is 10.6 Å². The quantitative estimate of drug-likeness (QED) is 0.897. The van der Waals surface area contributed by atoms with Crippen LogP contribution in [0.5, 0.6) is 0 Å². The van der Waals surface area contributed by atoms with Crippen molar-refractivity contribution in [3.63, 3.8) is 0 Å². The molecule has 0 radical (unpaired) electrons. The number of amides is 2. The number of piperidine rings is 1. The van der Waals surface area contributed by atoms with Crippen molar-refractivity contribution in [3.05, 3.63) is 35.4 Å². The van der Waals surface area contributed by atoms with Gasteiger partial charge in [-0.25, -0.2) is 0 Å². The Morgan fingerprint density at radius 2 is 2.13 bits per heavy atom. The summed E-state index contributed by atoms with van der Waals surface area (Å²) >= 11 is 0. The number of carbonyl (C=O) groups excluding carboxylic acids is 2. The molecule has 4 heteroatoms. The molecule has 0 aromatic heterocycles. The van der Waals surface area contributed by atoms with Gasteiger partial charge in [0.2, 0.25) is 11.8 Å². The fourth-order valence-electron chi connectivity index (χ4n) is 4.00. The highest BCUT2D eigenvalue weighted by Crippen LogP contribution is 2.41. The Kier molecular flexibility index (Phi) is 4.69. The molecule has 2 fully saturated rings. The summed E-state index contributed by atoms with van der Waals surface area (Å²) in [5.74, 6) is -0.135. The zero-order valence-electron chi connectivity index (χ0n) is 13.9. The first-order valence-corrected chi connectivity index (χ1v) is 8.71. The first-order valence-electron chi connectivity index (χ1n) is 8.71. The highest BCUT2D eigenvalue weighted by atomic mass is 16.2. The van der Waals surface area contributed by atoms with E-state index in [9.17, 15) is 9.59 Å². The second-order valence-corrected chi connectivity index (χ2v) is 7.11. The first-order chi connectivity index (χ1) is 11.1. The Bertz CT molecular complexity index is 591. The van der Waals surface area contributed by atoms with Crippen LogP contribution in [0.2, 0.25) is 0 Å². The summed E-state index contributed by atoms with van der Waals surface area (Å²) in [5, 5.41) is 5.94. The van der Waals surface area contributed by atoms with Crippen molar-refractivity contribution in [1.29, 1.82) is 0 Å². The molecule has 1 atom stereocenters. The molecule has 0 spiro atoms. The van der Waals surface area contributed by atoms with Crippen LogP contribution >= 0.6 is 0 Å². The summed E-state index contributed by atoms with van der Waals surface area (Å²) in [6.07, 6.45) is 5.76. The smallest absolute Gasteiger partial charge is 0.223 e. The minimum atomic E-state index is -0.167. The number of benzene rings is 1. The van der Waals surface area contributed by atoms with E-state index in [4.69, 9.17) is 0 Å². The van der Waals surface area contributed by atoms with Crippen LogP contribution in [0.4, 0.5) is 0 Å². The molecule has 1 aliphatic carbocycles. The van der Waals surface area contributed by atoms with Gasteiger partial charge in [0.25, 0.3) is 0 Å². The Balaban J connectivity index is 1.68. The van der Waals surface area contributed by atoms with Crippen molar-refractivity contribution < 1.29 is 9.59 Å². The molecule has 1 aliphatic heterocycles. The average Bonchev–Trinajstić information content (AvgIpc) is 3.03. The lowest BCUT2D eigenvalue weighted by atomic mass is 9.78. The normalized spacial score (nSPS) is 23.3. The van der Waals surface area contributed by atoms with Crippen molar-refractivity contribution in [3.8, 4) is 0 Å². The van der Waals surface area contributed by atoms with Crippen molar-refractivity contribution in [2.75, 3.05) is 13.1 Å². The molecule has 3 rings (SSSR count). The molecule has 2 aliphatic rings. The lowest BCUT2D eigenvalue weighted by Gasteiger charge is -2.31. The topological polar surface area (TPSA) is 58.2 Å². The molecule has 23 heavy (non-hydrogen) atoms. The molecule has 1 heterocycles. The molecule has 124 valence electrons. The molecule has 0 bridgehead atoms. The van der Waals surface area contributed by atoms with Crippen LogP contribution in [0.15, 0.2) is 24.3 Å². The summed E-state index contributed by atoms with van der Waals surface area (Å²) < 4.78 is 0. The summed E-state index contributed by atoms with van der Waals surface area (Å²) in [5.41, 5.74) is 2.68. The van der Waals surface area contributed by atoms with Gasteiger partial charge in [0, 0.05) is 30.8 Å². The standard InChI is InChI=1S/C19H26N2O2/c1-14-5-4-6-16(11-14)19(8-2-3-9-19)13-21-18(23)15-7-10-20-17(22)12-15/h4-6,11,15H,2-3,7-10,12-13H2,1H3,(H,20,22)(H,21,23). The van der Waals surface area contributed by atoms with E-state index in [1.165, 1.54) is 24.0 Å². The fraction of sp³-hybridized carbons (Fsp3) is 0.579. The maximum atomic E-state index is 12.4. The highest BCUT2D eigenvalue weighted by molar-refractivity contribution is 5.86. The Morgan fingerprint density at radius 1 is 1.35 bits per heavy atom. The maximum Gasteiger partial charge on any atom is 0.223 e. The van der Waals surface area contributed by atoms with Crippen LogP contribution < -0.4 is 10.6 Å². The van der Waals surface area contributed by atoms with Gasteiger partial charge in [-0.1, -0.05) is 42.7 Å². The lowest BCUT2D eigenvalue weighted by Crippen LogP contribution is -2.45. The zero-order chi connectivity index (χ0) is 16.3. The average molecular weight is 314 g/mol. The van der Waals surface area contributed by atoms with E-state index in [0.29, 0.717) is 19.5 Å². The third kappa shape index (κ3) is 3.57. The molecule has 2 amide bonds. The number of hydrogen-bond donors (Lipinski definition) is 2. The van der Waals surface area contributed by atoms with E-state index in [2.05, 4.69) is 41.8 Å². The number of nitrogens with one attached hydrogen (secondary N) is 2. The summed E-state index contributed by atoms with van der Waals surface area (Å²) in [4.78, 5) is 23.9. The van der Waals surface area contributed by atoms with Gasteiger partial charge in [0.05, 0.1) is 0 Å². The minimum Gasteiger partial charge on any atom is -0.356 e. The van der Waals surface area contributed by atoms with Gasteiger partial charge in [-0.3, -0.25) is 9.59 Å². The first kappa shape index (κ1) is 16.0. The van der Waals surface area contributed by atoms with E-state index in [-0.39, 0.29) is 23.1 Å². The fourth-order valence-corrected chi connectivity index (χ4v) is 4.00. The van der Waals surface area contributed by atoms with Crippen molar-refractivity contribution in [2.45, 2.75) is 50.9 Å². The van der Waals surface area contributed by atoms with E-state index in [1.807, 2.05) is 0 Å². The van der Waals surface area contributed by atoms with Crippen LogP contribution in [0.1, 0.15) is 49.7 Å². The molecule has 1 unspecified atom stereocenters. The lowest BCUT2D eigenvalue weighted by molar-refractivity contribution is -0.132. The molecule has 1 aromatic rings. The SMILES string of the molecule is Cc1cccc(C2(CNC(=O)C3CCNC(=O)C3)CCCC2)c1. The van der Waals surface area contributed by atoms with Gasteiger partial charge < -0.3 is 10.6 Å². The van der Waals surface area contributed by atoms with Gasteiger partial charge in [-0.2, -0.15) is 0 Å². The Morgan fingerprint density at radius 3 is 2.83 bits per heavy atom. The Hall–Kier alpha value is -1.84. The van der Waals surface area contributed by atoms with E-state index >= 15 is 0 Å². The maximum absolute atomic E-state index is 12.4. The van der Waals surface area contributed by atoms with E-state index < -0.39 is 0 Å². The van der Waals surface area contributed by atoms with Gasteiger partial charge in [-0.15, -0.1) is 0 Å². The highest BCUT2D eigenvalue weighted by Gasteiger charge is 2.36. The van der Waals surface area contributed by atoms with Crippen LogP contribution in [-0.4, -0.2) is 24.9 Å². The summed E-state index contributed by atoms with van der Waals surface area (Å²) in [6, 6.07) is 8.67. The zero-order valence-corrected chi connectivity index (χ0v) is 13.9. The van der Waals surface area contributed by atoms with Crippen LogP contribution in [0.25, 0.3) is 0 Å². The van der Waals surface area contributed by atoms with Crippen LogP contribution in [-0.2, 0) is 15.0 Å². The van der Waals surface area contributed by atoms with Gasteiger partial charge in [-0.05, 0) is 31.7 Å². The summed E-state index contributed by atoms with van der Waals surface area (Å²) in [6.45, 7) is 3.42. The van der Waals surface area contributed by atoms with Crippen molar-refractivity contribution in [2.24, 2.45) is 5.92 Å². The van der Waals surface area contributed by atoms with E-state index in [1.54, 1.807) is 0 Å². The Labute approximate surface area is 138 Å². The third-order valence-electron chi connectivity index (χ3n) is 5.41. The number of rotatable bonds is 4. The van der Waals surface area contributed by atoms with Gasteiger partial charge in [0.1, 0.15) is 0 Å². The van der Waals surface area contributed by atoms with Gasteiger partial charge >= 0.3 is 0 Å². The minimum absolute atomic E-state index is 0.00864. The molecule has 1 aromatic carbocycles. The van der Waals surface area contributed by atoms with Crippen LogP contribution in [0, 0.1) is 12.8 Å². The second kappa shape index (κ2) is 6.73. The predicted molar refractivity (Wildman–Crippen MR) is 90.1 cm³/mol. The monoisotopic (exact) mass is 314 g/mol. The number of carbonyl (C=O) groups is 2. The van der Waals surface area contributed by atoms with Crippen molar-refractivity contribution >= 4 is 11.8 Å². The molecule has 4 nitrogen and oxygen atoms in total. The number of aryl methyl sites for hydroxylation is 1. The molecular weight excluding hydrogens is 288 g/mol. The molecule has 1 saturated heterocycles. The largest absolute Gasteiger partial charge is 0.356 e. The second-order valence-electron chi connectivity index (χ2n) is 7.11. The summed E-state index contributed by atoms with van der Waals surface area (Å²) in [7, 11) is 0. The predicted octanol–water partition coefficient (Wildman–Crippen LogP) is 2.45. The molecular formula is C19H26N2O2. The van der Waals surface area contributed by atoms with Crippen LogP contribution in [0.3, 0.4) is 0 Å². The van der Waals surface area contributed by atoms with E-state index in [0.717, 1.165) is 19.3 Å². The molecule has 2 N–H and O–H groups in total. The molecule has 1 saturated carbocycles. The van der Waals surface area contributed by atoms with Gasteiger partial charge in [0.15, 0.2) is 0 Å². The third-order valence-corrected chi connectivity index (χ3v) is 5.41. The number of hydrogen-bond acceptors (Lipinski definition) is 2.